The Bertz CT molecular complexity index is 780. The van der Waals surface area contributed by atoms with Crippen LogP contribution in [0.1, 0.15) is 11.4 Å². The highest BCUT2D eigenvalue weighted by atomic mass is 32.2. The maximum atomic E-state index is 12.6. The van der Waals surface area contributed by atoms with Gasteiger partial charge in [0.25, 0.3) is 0 Å². The lowest BCUT2D eigenvalue weighted by molar-refractivity contribution is 0.180. The first-order valence-corrected chi connectivity index (χ1v) is 9.54. The van der Waals surface area contributed by atoms with Crippen molar-refractivity contribution < 1.29 is 8.42 Å². The van der Waals surface area contributed by atoms with Gasteiger partial charge in [-0.3, -0.25) is 14.6 Å². The van der Waals surface area contributed by atoms with Gasteiger partial charge in [0.05, 0.1) is 12.2 Å². The molecule has 1 aliphatic heterocycles. The lowest BCUT2D eigenvalue weighted by Crippen LogP contribution is -2.49. The maximum absolute atomic E-state index is 12.6. The average molecular weight is 349 g/mol. The summed E-state index contributed by atoms with van der Waals surface area (Å²) in [6.45, 7) is 8.24. The van der Waals surface area contributed by atoms with E-state index in [2.05, 4.69) is 28.0 Å². The van der Waals surface area contributed by atoms with Gasteiger partial charge in [0, 0.05) is 50.8 Å². The first-order chi connectivity index (χ1) is 11.5. The first kappa shape index (κ1) is 17.1. The van der Waals surface area contributed by atoms with Crippen LogP contribution < -0.4 is 0 Å². The lowest BCUT2D eigenvalue weighted by atomic mass is 10.3. The van der Waals surface area contributed by atoms with Crippen molar-refractivity contribution in [1.82, 2.24) is 24.0 Å². The number of pyridine rings is 1. The fraction of sp³-hybridized carbons (Fsp3) is 0.500. The molecule has 2 aromatic heterocycles. The zero-order valence-electron chi connectivity index (χ0n) is 14.1. The second-order valence-corrected chi connectivity index (χ2v) is 8.02. The van der Waals surface area contributed by atoms with Gasteiger partial charge in [0.1, 0.15) is 4.90 Å². The van der Waals surface area contributed by atoms with Crippen molar-refractivity contribution in [2.45, 2.75) is 25.3 Å². The normalized spacial score (nSPS) is 17.2. The molecule has 0 unspecified atom stereocenters. The molecule has 0 bridgehead atoms. The highest BCUT2D eigenvalue weighted by Gasteiger charge is 2.28. The standard InChI is InChI=1S/C16H23N5O2S/c1-14-12-15(2)21(18-14)11-8-19-6-9-20(10-7-19)24(22,23)16-4-3-5-17-13-16/h3-5,12-13H,6-11H2,1-2H3. The van der Waals surface area contributed by atoms with Gasteiger partial charge in [0.15, 0.2) is 0 Å². The van der Waals surface area contributed by atoms with Crippen LogP contribution in [0.2, 0.25) is 0 Å². The second-order valence-electron chi connectivity index (χ2n) is 6.08. The summed E-state index contributed by atoms with van der Waals surface area (Å²) in [4.78, 5) is 6.46. The van der Waals surface area contributed by atoms with E-state index in [4.69, 9.17) is 0 Å². The fourth-order valence-corrected chi connectivity index (χ4v) is 4.37. The number of nitrogens with zero attached hydrogens (tertiary/aromatic N) is 5. The summed E-state index contributed by atoms with van der Waals surface area (Å²) in [6.07, 6.45) is 2.99. The lowest BCUT2D eigenvalue weighted by Gasteiger charge is -2.33. The summed E-state index contributed by atoms with van der Waals surface area (Å²) in [7, 11) is -3.43. The van der Waals surface area contributed by atoms with Gasteiger partial charge in [-0.2, -0.15) is 9.40 Å². The molecule has 0 aliphatic carbocycles. The molecule has 24 heavy (non-hydrogen) atoms. The van der Waals surface area contributed by atoms with Crippen LogP contribution in [0.4, 0.5) is 0 Å². The largest absolute Gasteiger partial charge is 0.299 e. The van der Waals surface area contributed by atoms with E-state index in [9.17, 15) is 8.42 Å². The summed E-state index contributed by atoms with van der Waals surface area (Å²) in [5.41, 5.74) is 2.19. The van der Waals surface area contributed by atoms with Crippen LogP contribution in [0.5, 0.6) is 0 Å². The van der Waals surface area contributed by atoms with Crippen molar-refractivity contribution in [3.8, 4) is 0 Å². The summed E-state index contributed by atoms with van der Waals surface area (Å²) >= 11 is 0. The second kappa shape index (κ2) is 7.00. The van der Waals surface area contributed by atoms with Crippen LogP contribution in [0, 0.1) is 13.8 Å². The Kier molecular flexibility index (Phi) is 4.98. The predicted octanol–water partition coefficient (Wildman–Crippen LogP) is 0.901. The average Bonchev–Trinajstić information content (AvgIpc) is 2.91. The molecule has 1 aliphatic rings. The van der Waals surface area contributed by atoms with Crippen molar-refractivity contribution >= 4 is 10.0 Å². The number of piperazine rings is 1. The van der Waals surface area contributed by atoms with Crippen molar-refractivity contribution in [2.24, 2.45) is 0 Å². The Balaban J connectivity index is 1.55. The molecule has 7 nitrogen and oxygen atoms in total. The van der Waals surface area contributed by atoms with Crippen LogP contribution in [0.25, 0.3) is 0 Å². The van der Waals surface area contributed by atoms with E-state index < -0.39 is 10.0 Å². The molecule has 8 heteroatoms. The highest BCUT2D eigenvalue weighted by molar-refractivity contribution is 7.89. The van der Waals surface area contributed by atoms with Gasteiger partial charge in [-0.05, 0) is 32.0 Å². The Morgan fingerprint density at radius 2 is 1.88 bits per heavy atom. The van der Waals surface area contributed by atoms with E-state index in [1.807, 2.05) is 11.6 Å². The number of rotatable bonds is 5. The number of hydrogen-bond acceptors (Lipinski definition) is 5. The quantitative estimate of drug-likeness (QED) is 0.802. The molecule has 2 aromatic rings. The maximum Gasteiger partial charge on any atom is 0.244 e. The van der Waals surface area contributed by atoms with Crippen LogP contribution in [-0.2, 0) is 16.6 Å². The minimum Gasteiger partial charge on any atom is -0.299 e. The molecule has 1 saturated heterocycles. The van der Waals surface area contributed by atoms with Crippen LogP contribution >= 0.6 is 0 Å². The summed E-state index contributed by atoms with van der Waals surface area (Å²) in [5.74, 6) is 0. The number of aryl methyl sites for hydroxylation is 2. The number of sulfonamides is 1. The van der Waals surface area contributed by atoms with E-state index in [1.165, 1.54) is 6.20 Å². The molecule has 0 radical (unpaired) electrons. The molecule has 0 amide bonds. The number of hydrogen-bond donors (Lipinski definition) is 0. The van der Waals surface area contributed by atoms with Crippen molar-refractivity contribution in [1.29, 1.82) is 0 Å². The first-order valence-electron chi connectivity index (χ1n) is 8.10. The van der Waals surface area contributed by atoms with Crippen LogP contribution in [-0.4, -0.2) is 65.1 Å². The van der Waals surface area contributed by atoms with Crippen LogP contribution in [0.3, 0.4) is 0 Å². The number of aromatic nitrogens is 3. The molecule has 3 heterocycles. The van der Waals surface area contributed by atoms with Gasteiger partial charge in [0.2, 0.25) is 10.0 Å². The molecule has 3 rings (SSSR count). The molecular formula is C16H23N5O2S. The SMILES string of the molecule is Cc1cc(C)n(CCN2CCN(S(=O)(=O)c3cccnc3)CC2)n1. The Morgan fingerprint density at radius 3 is 2.46 bits per heavy atom. The zero-order valence-corrected chi connectivity index (χ0v) is 14.9. The van der Waals surface area contributed by atoms with Crippen LogP contribution in [0.15, 0.2) is 35.5 Å². The molecule has 1 fully saturated rings. The summed E-state index contributed by atoms with van der Waals surface area (Å²) in [6, 6.07) is 5.31. The molecule has 0 atom stereocenters. The minimum atomic E-state index is -3.43. The summed E-state index contributed by atoms with van der Waals surface area (Å²) in [5, 5.41) is 4.47. The van der Waals surface area contributed by atoms with Crippen molar-refractivity contribution in [2.75, 3.05) is 32.7 Å². The predicted molar refractivity (Wildman–Crippen MR) is 91.1 cm³/mol. The molecular weight excluding hydrogens is 326 g/mol. The molecule has 0 aromatic carbocycles. The van der Waals surface area contributed by atoms with Gasteiger partial charge in [-0.1, -0.05) is 0 Å². The van der Waals surface area contributed by atoms with E-state index in [0.717, 1.165) is 37.6 Å². The third-order valence-corrected chi connectivity index (χ3v) is 6.22. The Labute approximate surface area is 143 Å². The third kappa shape index (κ3) is 3.66. The monoisotopic (exact) mass is 349 g/mol. The zero-order chi connectivity index (χ0) is 17.2. The minimum absolute atomic E-state index is 0.265. The van der Waals surface area contributed by atoms with Gasteiger partial charge in [-0.15, -0.1) is 0 Å². The van der Waals surface area contributed by atoms with Crippen molar-refractivity contribution in [3.05, 3.63) is 42.0 Å². The smallest absolute Gasteiger partial charge is 0.244 e. The van der Waals surface area contributed by atoms with E-state index >= 15 is 0 Å². The Morgan fingerprint density at radius 1 is 1.12 bits per heavy atom. The van der Waals surface area contributed by atoms with E-state index in [1.54, 1.807) is 22.6 Å². The van der Waals surface area contributed by atoms with Gasteiger partial charge in [-0.25, -0.2) is 8.42 Å². The Hall–Kier alpha value is -1.77. The molecule has 0 N–H and O–H groups in total. The summed E-state index contributed by atoms with van der Waals surface area (Å²) < 4.78 is 28.7. The van der Waals surface area contributed by atoms with Gasteiger partial charge >= 0.3 is 0 Å². The third-order valence-electron chi connectivity index (χ3n) is 4.33. The van der Waals surface area contributed by atoms with Crippen molar-refractivity contribution in [3.63, 3.8) is 0 Å². The van der Waals surface area contributed by atoms with E-state index in [0.29, 0.717) is 13.1 Å². The highest BCUT2D eigenvalue weighted by Crippen LogP contribution is 2.16. The van der Waals surface area contributed by atoms with E-state index in [-0.39, 0.29) is 4.90 Å². The molecule has 130 valence electrons. The molecule has 0 saturated carbocycles. The van der Waals surface area contributed by atoms with Gasteiger partial charge < -0.3 is 0 Å². The fourth-order valence-electron chi connectivity index (χ4n) is 2.98. The molecule has 0 spiro atoms. The topological polar surface area (TPSA) is 71.3 Å².